The predicted octanol–water partition coefficient (Wildman–Crippen LogP) is 3.07. The van der Waals surface area contributed by atoms with Crippen LogP contribution in [-0.4, -0.2) is 52.1 Å². The molecule has 1 aromatic carbocycles. The van der Waals surface area contributed by atoms with Gasteiger partial charge in [0.1, 0.15) is 0 Å². The van der Waals surface area contributed by atoms with Crippen molar-refractivity contribution < 1.29 is 9.32 Å². The van der Waals surface area contributed by atoms with Crippen molar-refractivity contribution in [3.05, 3.63) is 59.7 Å². The molecule has 144 valence electrons. The van der Waals surface area contributed by atoms with Crippen LogP contribution in [-0.2, 0) is 11.2 Å². The Bertz CT molecular complexity index is 921. The van der Waals surface area contributed by atoms with Crippen LogP contribution in [0.3, 0.4) is 0 Å². The Morgan fingerprint density at radius 1 is 1.04 bits per heavy atom. The zero-order chi connectivity index (χ0) is 19.3. The van der Waals surface area contributed by atoms with E-state index in [9.17, 15) is 4.79 Å². The summed E-state index contributed by atoms with van der Waals surface area (Å²) >= 11 is 5.89. The van der Waals surface area contributed by atoms with Crippen LogP contribution in [0.25, 0.3) is 11.4 Å². The van der Waals surface area contributed by atoms with E-state index in [1.165, 1.54) is 0 Å². The highest BCUT2D eigenvalue weighted by Gasteiger charge is 2.21. The Balaban J connectivity index is 1.28. The SMILES string of the molecule is O=C(CCc1nc(-c2ccc(Cl)cc2)no1)N1CCN(c2ccncc2)CC1. The summed E-state index contributed by atoms with van der Waals surface area (Å²) in [5, 5.41) is 4.64. The average molecular weight is 398 g/mol. The van der Waals surface area contributed by atoms with Gasteiger partial charge < -0.3 is 14.3 Å². The first kappa shape index (κ1) is 18.4. The van der Waals surface area contributed by atoms with E-state index in [2.05, 4.69) is 20.0 Å². The topological polar surface area (TPSA) is 75.4 Å². The molecule has 4 rings (SSSR count). The molecule has 1 amide bonds. The fourth-order valence-corrected chi connectivity index (χ4v) is 3.34. The van der Waals surface area contributed by atoms with Gasteiger partial charge >= 0.3 is 0 Å². The predicted molar refractivity (Wildman–Crippen MR) is 106 cm³/mol. The van der Waals surface area contributed by atoms with E-state index >= 15 is 0 Å². The third kappa shape index (κ3) is 4.31. The molecule has 8 heteroatoms. The van der Waals surface area contributed by atoms with E-state index < -0.39 is 0 Å². The Morgan fingerprint density at radius 2 is 1.75 bits per heavy atom. The monoisotopic (exact) mass is 397 g/mol. The molecule has 2 aromatic heterocycles. The lowest BCUT2D eigenvalue weighted by molar-refractivity contribution is -0.131. The van der Waals surface area contributed by atoms with Gasteiger partial charge in [-0.2, -0.15) is 4.98 Å². The number of rotatable bonds is 5. The highest BCUT2D eigenvalue weighted by Crippen LogP contribution is 2.19. The maximum absolute atomic E-state index is 12.5. The maximum Gasteiger partial charge on any atom is 0.227 e. The first-order valence-electron chi connectivity index (χ1n) is 9.20. The third-order valence-electron chi connectivity index (χ3n) is 4.78. The van der Waals surface area contributed by atoms with Crippen LogP contribution in [0.5, 0.6) is 0 Å². The van der Waals surface area contributed by atoms with Crippen molar-refractivity contribution in [2.45, 2.75) is 12.8 Å². The summed E-state index contributed by atoms with van der Waals surface area (Å²) < 4.78 is 5.28. The van der Waals surface area contributed by atoms with Gasteiger partial charge in [0, 0.05) is 67.7 Å². The molecule has 0 saturated carbocycles. The van der Waals surface area contributed by atoms with Crippen molar-refractivity contribution in [1.29, 1.82) is 0 Å². The number of aromatic nitrogens is 3. The van der Waals surface area contributed by atoms with Crippen LogP contribution < -0.4 is 4.90 Å². The van der Waals surface area contributed by atoms with Crippen LogP contribution >= 0.6 is 11.6 Å². The van der Waals surface area contributed by atoms with E-state index in [1.54, 1.807) is 24.5 Å². The fourth-order valence-electron chi connectivity index (χ4n) is 3.21. The van der Waals surface area contributed by atoms with Crippen molar-refractivity contribution in [2.75, 3.05) is 31.1 Å². The van der Waals surface area contributed by atoms with Crippen molar-refractivity contribution in [3.8, 4) is 11.4 Å². The van der Waals surface area contributed by atoms with Gasteiger partial charge in [-0.15, -0.1) is 0 Å². The number of pyridine rings is 1. The lowest BCUT2D eigenvalue weighted by atomic mass is 10.2. The van der Waals surface area contributed by atoms with Gasteiger partial charge in [0.15, 0.2) is 0 Å². The third-order valence-corrected chi connectivity index (χ3v) is 5.04. The first-order chi connectivity index (χ1) is 13.7. The Labute approximate surface area is 167 Å². The fraction of sp³-hybridized carbons (Fsp3) is 0.300. The van der Waals surface area contributed by atoms with Gasteiger partial charge in [-0.1, -0.05) is 16.8 Å². The molecule has 1 aliphatic rings. The second-order valence-electron chi connectivity index (χ2n) is 6.59. The highest BCUT2D eigenvalue weighted by molar-refractivity contribution is 6.30. The highest BCUT2D eigenvalue weighted by atomic mass is 35.5. The van der Waals surface area contributed by atoms with E-state index in [-0.39, 0.29) is 5.91 Å². The summed E-state index contributed by atoms with van der Waals surface area (Å²) in [5.41, 5.74) is 1.97. The number of benzene rings is 1. The number of anilines is 1. The van der Waals surface area contributed by atoms with Crippen LogP contribution in [0.2, 0.25) is 5.02 Å². The number of nitrogens with zero attached hydrogens (tertiary/aromatic N) is 5. The lowest BCUT2D eigenvalue weighted by Gasteiger charge is -2.36. The normalized spacial score (nSPS) is 14.3. The molecule has 3 heterocycles. The molecule has 3 aromatic rings. The summed E-state index contributed by atoms with van der Waals surface area (Å²) in [5.74, 6) is 1.08. The number of aryl methyl sites for hydroxylation is 1. The molecule has 0 radical (unpaired) electrons. The van der Waals surface area contributed by atoms with Gasteiger partial charge in [-0.05, 0) is 36.4 Å². The van der Waals surface area contributed by atoms with Gasteiger partial charge in [0.25, 0.3) is 0 Å². The number of halogens is 1. The van der Waals surface area contributed by atoms with E-state index in [0.29, 0.717) is 42.7 Å². The van der Waals surface area contributed by atoms with Crippen molar-refractivity contribution in [2.24, 2.45) is 0 Å². The smallest absolute Gasteiger partial charge is 0.227 e. The number of carbonyl (C=O) groups excluding carboxylic acids is 1. The molecule has 0 unspecified atom stereocenters. The van der Waals surface area contributed by atoms with Crippen LogP contribution in [0, 0.1) is 0 Å². The number of hydrogen-bond acceptors (Lipinski definition) is 6. The minimum Gasteiger partial charge on any atom is -0.368 e. The zero-order valence-corrected chi connectivity index (χ0v) is 16.0. The summed E-state index contributed by atoms with van der Waals surface area (Å²) in [6.07, 6.45) is 4.37. The minimum absolute atomic E-state index is 0.112. The molecule has 28 heavy (non-hydrogen) atoms. The summed E-state index contributed by atoms with van der Waals surface area (Å²) in [6.45, 7) is 3.05. The maximum atomic E-state index is 12.5. The van der Waals surface area contributed by atoms with Gasteiger partial charge in [0.05, 0.1) is 0 Å². The second-order valence-corrected chi connectivity index (χ2v) is 7.03. The molecule has 7 nitrogen and oxygen atoms in total. The van der Waals surface area contributed by atoms with E-state index in [4.69, 9.17) is 16.1 Å². The van der Waals surface area contributed by atoms with Gasteiger partial charge in [-0.3, -0.25) is 9.78 Å². The molecule has 0 N–H and O–H groups in total. The summed E-state index contributed by atoms with van der Waals surface area (Å²) in [4.78, 5) is 25.1. The Kier molecular flexibility index (Phi) is 5.53. The number of carbonyl (C=O) groups is 1. The molecule has 0 spiro atoms. The van der Waals surface area contributed by atoms with Crippen molar-refractivity contribution in [1.82, 2.24) is 20.0 Å². The first-order valence-corrected chi connectivity index (χ1v) is 9.58. The largest absolute Gasteiger partial charge is 0.368 e. The van der Waals surface area contributed by atoms with Crippen molar-refractivity contribution in [3.63, 3.8) is 0 Å². The van der Waals surface area contributed by atoms with Crippen LogP contribution in [0.15, 0.2) is 53.3 Å². The average Bonchev–Trinajstić information content (AvgIpc) is 3.22. The quantitative estimate of drug-likeness (QED) is 0.658. The minimum atomic E-state index is 0.112. The van der Waals surface area contributed by atoms with Gasteiger partial charge in [-0.25, -0.2) is 0 Å². The summed E-state index contributed by atoms with van der Waals surface area (Å²) in [6, 6.07) is 11.2. The zero-order valence-electron chi connectivity index (χ0n) is 15.3. The second kappa shape index (κ2) is 8.39. The number of amides is 1. The Hall–Kier alpha value is -2.93. The standard InChI is InChI=1S/C20H20ClN5O2/c21-16-3-1-15(2-4-16)20-23-18(28-24-20)5-6-19(27)26-13-11-25(12-14-26)17-7-9-22-10-8-17/h1-4,7-10H,5-6,11-14H2. The molecule has 1 fully saturated rings. The molecule has 0 bridgehead atoms. The number of hydrogen-bond donors (Lipinski definition) is 0. The molecular weight excluding hydrogens is 378 g/mol. The Morgan fingerprint density at radius 3 is 2.46 bits per heavy atom. The summed E-state index contributed by atoms with van der Waals surface area (Å²) in [7, 11) is 0. The number of piperazine rings is 1. The van der Waals surface area contributed by atoms with Crippen LogP contribution in [0.1, 0.15) is 12.3 Å². The molecular formula is C20H20ClN5O2. The molecule has 0 aliphatic carbocycles. The molecule has 1 aliphatic heterocycles. The van der Waals surface area contributed by atoms with Crippen molar-refractivity contribution >= 4 is 23.2 Å². The lowest BCUT2D eigenvalue weighted by Crippen LogP contribution is -2.48. The molecule has 1 saturated heterocycles. The van der Waals surface area contributed by atoms with Gasteiger partial charge in [0.2, 0.25) is 17.6 Å². The van der Waals surface area contributed by atoms with Crippen LogP contribution in [0.4, 0.5) is 5.69 Å². The van der Waals surface area contributed by atoms with E-state index in [0.717, 1.165) is 24.3 Å². The van der Waals surface area contributed by atoms with E-state index in [1.807, 2.05) is 29.2 Å². The molecule has 0 atom stereocenters.